The number of hydrogen-bond donors (Lipinski definition) is 1. The van der Waals surface area contributed by atoms with Crippen molar-refractivity contribution in [3.8, 4) is 0 Å². The van der Waals surface area contributed by atoms with Gasteiger partial charge >= 0.3 is 0 Å². The first kappa shape index (κ1) is 16.5. The molecule has 1 aromatic rings. The molecule has 1 aliphatic heterocycles. The Hall–Kier alpha value is -0.900. The Labute approximate surface area is 130 Å². The van der Waals surface area contributed by atoms with Gasteiger partial charge in [0.25, 0.3) is 0 Å². The zero-order chi connectivity index (χ0) is 14.9. The average Bonchev–Trinajstić information content (AvgIpc) is 2.44. The Morgan fingerprint density at radius 3 is 2.52 bits per heavy atom. The molecule has 0 spiro atoms. The van der Waals surface area contributed by atoms with Gasteiger partial charge in [-0.25, -0.2) is 0 Å². The number of aryl methyl sites for hydroxylation is 1. The van der Waals surface area contributed by atoms with Crippen molar-refractivity contribution < 1.29 is 0 Å². The van der Waals surface area contributed by atoms with E-state index in [1.807, 2.05) is 0 Å². The SMILES string of the molecule is Cc1cccc(CN2CCCNCCCN(C)CCC2)c1. The molecule has 3 heteroatoms. The smallest absolute Gasteiger partial charge is 0.0233 e. The van der Waals surface area contributed by atoms with Crippen molar-refractivity contribution in [2.45, 2.75) is 32.7 Å². The number of rotatable bonds is 2. The van der Waals surface area contributed by atoms with E-state index in [1.165, 1.54) is 56.6 Å². The van der Waals surface area contributed by atoms with Gasteiger partial charge in [0, 0.05) is 6.54 Å². The van der Waals surface area contributed by atoms with Crippen LogP contribution in [-0.2, 0) is 6.54 Å². The number of hydrogen-bond acceptors (Lipinski definition) is 3. The van der Waals surface area contributed by atoms with Crippen LogP contribution in [0.3, 0.4) is 0 Å². The topological polar surface area (TPSA) is 18.5 Å². The minimum atomic E-state index is 1.09. The highest BCUT2D eigenvalue weighted by atomic mass is 15.1. The minimum Gasteiger partial charge on any atom is -0.317 e. The highest BCUT2D eigenvalue weighted by Gasteiger charge is 2.08. The summed E-state index contributed by atoms with van der Waals surface area (Å²) in [6.07, 6.45) is 3.79. The molecule has 118 valence electrons. The molecule has 0 aliphatic carbocycles. The molecule has 0 amide bonds. The summed E-state index contributed by atoms with van der Waals surface area (Å²) in [6, 6.07) is 8.93. The highest BCUT2D eigenvalue weighted by Crippen LogP contribution is 2.09. The third-order valence-electron chi connectivity index (χ3n) is 4.22. The van der Waals surface area contributed by atoms with Crippen LogP contribution in [0.1, 0.15) is 30.4 Å². The Bertz CT molecular complexity index is 405. The quantitative estimate of drug-likeness (QED) is 0.902. The van der Waals surface area contributed by atoms with Gasteiger partial charge in [0.15, 0.2) is 0 Å². The summed E-state index contributed by atoms with van der Waals surface area (Å²) in [5.74, 6) is 0. The largest absolute Gasteiger partial charge is 0.317 e. The van der Waals surface area contributed by atoms with E-state index in [4.69, 9.17) is 0 Å². The second-order valence-electron chi connectivity index (χ2n) is 6.38. The van der Waals surface area contributed by atoms with Crippen molar-refractivity contribution in [3.63, 3.8) is 0 Å². The highest BCUT2D eigenvalue weighted by molar-refractivity contribution is 5.22. The van der Waals surface area contributed by atoms with E-state index in [2.05, 4.69) is 53.4 Å². The van der Waals surface area contributed by atoms with Crippen molar-refractivity contribution in [1.82, 2.24) is 15.1 Å². The molecule has 21 heavy (non-hydrogen) atoms. The summed E-state index contributed by atoms with van der Waals surface area (Å²) in [6.45, 7) is 10.4. The van der Waals surface area contributed by atoms with Gasteiger partial charge < -0.3 is 10.2 Å². The second kappa shape index (κ2) is 9.19. The molecule has 0 unspecified atom stereocenters. The van der Waals surface area contributed by atoms with Crippen molar-refractivity contribution in [2.24, 2.45) is 0 Å². The van der Waals surface area contributed by atoms with E-state index in [0.29, 0.717) is 0 Å². The Balaban J connectivity index is 1.88. The van der Waals surface area contributed by atoms with Crippen molar-refractivity contribution >= 4 is 0 Å². The first-order valence-electron chi connectivity index (χ1n) is 8.41. The van der Waals surface area contributed by atoms with Crippen molar-refractivity contribution in [3.05, 3.63) is 35.4 Å². The molecule has 0 atom stereocenters. The third-order valence-corrected chi connectivity index (χ3v) is 4.22. The van der Waals surface area contributed by atoms with E-state index < -0.39 is 0 Å². The van der Waals surface area contributed by atoms with E-state index in [1.54, 1.807) is 0 Å². The van der Waals surface area contributed by atoms with Crippen LogP contribution in [-0.4, -0.2) is 56.1 Å². The van der Waals surface area contributed by atoms with Crippen LogP contribution >= 0.6 is 0 Å². The zero-order valence-electron chi connectivity index (χ0n) is 13.8. The molecule has 1 heterocycles. The number of nitrogens with one attached hydrogen (secondary N) is 1. The maximum atomic E-state index is 3.56. The first-order valence-corrected chi connectivity index (χ1v) is 8.41. The van der Waals surface area contributed by atoms with Gasteiger partial charge in [-0.15, -0.1) is 0 Å². The lowest BCUT2D eigenvalue weighted by molar-refractivity contribution is 0.229. The summed E-state index contributed by atoms with van der Waals surface area (Å²) >= 11 is 0. The second-order valence-corrected chi connectivity index (χ2v) is 6.38. The molecular weight excluding hydrogens is 258 g/mol. The molecule has 2 rings (SSSR count). The fourth-order valence-corrected chi connectivity index (χ4v) is 3.04. The predicted molar refractivity (Wildman–Crippen MR) is 90.7 cm³/mol. The van der Waals surface area contributed by atoms with Crippen molar-refractivity contribution in [2.75, 3.05) is 46.3 Å². The van der Waals surface area contributed by atoms with Crippen LogP contribution in [0, 0.1) is 6.92 Å². The Morgan fingerprint density at radius 1 is 1.00 bits per heavy atom. The minimum absolute atomic E-state index is 1.09. The van der Waals surface area contributed by atoms with Crippen LogP contribution in [0.15, 0.2) is 24.3 Å². The van der Waals surface area contributed by atoms with Crippen LogP contribution in [0.5, 0.6) is 0 Å². The lowest BCUT2D eigenvalue weighted by Crippen LogP contribution is -2.33. The molecular formula is C18H31N3. The van der Waals surface area contributed by atoms with Gasteiger partial charge in [0.05, 0.1) is 0 Å². The lowest BCUT2D eigenvalue weighted by atomic mass is 10.1. The monoisotopic (exact) mass is 289 g/mol. The maximum absolute atomic E-state index is 3.56. The van der Waals surface area contributed by atoms with Crippen LogP contribution in [0.25, 0.3) is 0 Å². The van der Waals surface area contributed by atoms with E-state index >= 15 is 0 Å². The normalized spacial score (nSPS) is 20.7. The van der Waals surface area contributed by atoms with E-state index in [9.17, 15) is 0 Å². The standard InChI is InChI=1S/C18H31N3/c1-17-7-3-8-18(15-17)16-21-13-5-10-19-9-4-11-20(2)12-6-14-21/h3,7-8,15,19H,4-6,9-14,16H2,1-2H3. The molecule has 3 nitrogen and oxygen atoms in total. The summed E-state index contributed by atoms with van der Waals surface area (Å²) in [7, 11) is 2.25. The molecule has 0 radical (unpaired) electrons. The lowest BCUT2D eigenvalue weighted by Gasteiger charge is -2.25. The van der Waals surface area contributed by atoms with Gasteiger partial charge in [-0.1, -0.05) is 29.8 Å². The fourth-order valence-electron chi connectivity index (χ4n) is 3.04. The van der Waals surface area contributed by atoms with Gasteiger partial charge in [-0.3, -0.25) is 4.90 Å². The van der Waals surface area contributed by atoms with Gasteiger partial charge in [0.1, 0.15) is 0 Å². The fraction of sp³-hybridized carbons (Fsp3) is 0.667. The van der Waals surface area contributed by atoms with Gasteiger partial charge in [0.2, 0.25) is 0 Å². The first-order chi connectivity index (χ1) is 10.2. The summed E-state index contributed by atoms with van der Waals surface area (Å²) in [4.78, 5) is 5.08. The molecule has 1 aromatic carbocycles. The molecule has 0 bridgehead atoms. The predicted octanol–water partition coefficient (Wildman–Crippen LogP) is 2.50. The average molecular weight is 289 g/mol. The van der Waals surface area contributed by atoms with Crippen LogP contribution in [0.4, 0.5) is 0 Å². The Kier molecular flexibility index (Phi) is 7.20. The molecule has 1 fully saturated rings. The summed E-state index contributed by atoms with van der Waals surface area (Å²) in [5, 5.41) is 3.56. The molecule has 0 saturated carbocycles. The summed E-state index contributed by atoms with van der Waals surface area (Å²) in [5.41, 5.74) is 2.81. The van der Waals surface area contributed by atoms with E-state index in [0.717, 1.165) is 19.6 Å². The molecule has 0 aromatic heterocycles. The zero-order valence-corrected chi connectivity index (χ0v) is 13.8. The summed E-state index contributed by atoms with van der Waals surface area (Å²) < 4.78 is 0. The molecule has 1 saturated heterocycles. The van der Waals surface area contributed by atoms with Crippen LogP contribution in [0.2, 0.25) is 0 Å². The number of benzene rings is 1. The number of nitrogens with zero attached hydrogens (tertiary/aromatic N) is 2. The third kappa shape index (κ3) is 6.60. The van der Waals surface area contributed by atoms with Crippen molar-refractivity contribution in [1.29, 1.82) is 0 Å². The van der Waals surface area contributed by atoms with E-state index in [-0.39, 0.29) is 0 Å². The molecule has 1 aliphatic rings. The maximum Gasteiger partial charge on any atom is 0.0233 e. The Morgan fingerprint density at radius 2 is 1.71 bits per heavy atom. The molecule has 1 N–H and O–H groups in total. The van der Waals surface area contributed by atoms with Gasteiger partial charge in [-0.2, -0.15) is 0 Å². The van der Waals surface area contributed by atoms with Crippen LogP contribution < -0.4 is 5.32 Å². The van der Waals surface area contributed by atoms with Gasteiger partial charge in [-0.05, 0) is 78.1 Å².